The van der Waals surface area contributed by atoms with Crippen molar-refractivity contribution in [2.24, 2.45) is 5.10 Å². The Morgan fingerprint density at radius 3 is 2.72 bits per heavy atom. The van der Waals surface area contributed by atoms with Crippen molar-refractivity contribution in [2.45, 2.75) is 19.4 Å². The molecule has 3 N–H and O–H groups in total. The maximum Gasteiger partial charge on any atom is 0.262 e. The van der Waals surface area contributed by atoms with Crippen LogP contribution in [0, 0.1) is 3.57 Å². The van der Waals surface area contributed by atoms with Crippen molar-refractivity contribution in [1.82, 2.24) is 5.43 Å². The predicted octanol–water partition coefficient (Wildman–Crippen LogP) is 3.68. The summed E-state index contributed by atoms with van der Waals surface area (Å²) in [5.41, 5.74) is 4.64. The van der Waals surface area contributed by atoms with Crippen LogP contribution in [0.5, 0.6) is 5.75 Å². The van der Waals surface area contributed by atoms with Gasteiger partial charge in [0.15, 0.2) is 0 Å². The lowest BCUT2D eigenvalue weighted by Gasteiger charge is -2.13. The summed E-state index contributed by atoms with van der Waals surface area (Å²) in [6.07, 6.45) is 3.71. The number of benzene rings is 2. The van der Waals surface area contributed by atoms with Crippen molar-refractivity contribution < 1.29 is 9.90 Å². The molecule has 0 saturated heterocycles. The Morgan fingerprint density at radius 1 is 1.32 bits per heavy atom. The van der Waals surface area contributed by atoms with E-state index < -0.39 is 6.04 Å². The highest BCUT2D eigenvalue weighted by Gasteiger charge is 2.11. The Kier molecular flexibility index (Phi) is 7.00. The lowest BCUT2D eigenvalue weighted by Crippen LogP contribution is -2.34. The fourth-order valence-electron chi connectivity index (χ4n) is 2.16. The SMILES string of the molecule is C=CCc1cccc(/C=N\NC(=O)[C@@H](C)Nc2ccc(I)cc2)c1O. The van der Waals surface area contributed by atoms with E-state index in [0.29, 0.717) is 12.0 Å². The number of phenolic OH excluding ortho intramolecular Hbond substituents is 1. The van der Waals surface area contributed by atoms with Crippen LogP contribution in [0.15, 0.2) is 60.2 Å². The summed E-state index contributed by atoms with van der Waals surface area (Å²) in [7, 11) is 0. The maximum absolute atomic E-state index is 12.1. The van der Waals surface area contributed by atoms with Crippen LogP contribution in [-0.4, -0.2) is 23.3 Å². The van der Waals surface area contributed by atoms with E-state index in [4.69, 9.17) is 0 Å². The molecule has 2 rings (SSSR count). The summed E-state index contributed by atoms with van der Waals surface area (Å²) >= 11 is 2.23. The molecule has 0 aliphatic carbocycles. The van der Waals surface area contributed by atoms with E-state index in [0.717, 1.165) is 14.8 Å². The first-order valence-corrected chi connectivity index (χ1v) is 8.86. The third-order valence-electron chi connectivity index (χ3n) is 3.51. The van der Waals surface area contributed by atoms with Gasteiger partial charge >= 0.3 is 0 Å². The van der Waals surface area contributed by atoms with Gasteiger partial charge in [-0.05, 0) is 71.8 Å². The van der Waals surface area contributed by atoms with Gasteiger partial charge in [0.05, 0.1) is 6.21 Å². The lowest BCUT2D eigenvalue weighted by molar-refractivity contribution is -0.121. The molecule has 6 heteroatoms. The number of allylic oxidation sites excluding steroid dienone is 1. The van der Waals surface area contributed by atoms with E-state index in [-0.39, 0.29) is 11.7 Å². The lowest BCUT2D eigenvalue weighted by atomic mass is 10.1. The molecule has 5 nitrogen and oxygen atoms in total. The van der Waals surface area contributed by atoms with E-state index >= 15 is 0 Å². The molecule has 0 bridgehead atoms. The summed E-state index contributed by atoms with van der Waals surface area (Å²) in [6.45, 7) is 5.42. The van der Waals surface area contributed by atoms with Gasteiger partial charge in [0.2, 0.25) is 0 Å². The van der Waals surface area contributed by atoms with Crippen LogP contribution < -0.4 is 10.7 Å². The number of hydrogen-bond acceptors (Lipinski definition) is 4. The molecule has 1 atom stereocenters. The number of anilines is 1. The third kappa shape index (κ3) is 5.60. The zero-order valence-electron chi connectivity index (χ0n) is 13.9. The zero-order valence-corrected chi connectivity index (χ0v) is 16.0. The predicted molar refractivity (Wildman–Crippen MR) is 110 cm³/mol. The molecule has 130 valence electrons. The second kappa shape index (κ2) is 9.22. The number of phenols is 1. The number of aromatic hydroxyl groups is 1. The van der Waals surface area contributed by atoms with E-state index in [1.54, 1.807) is 19.1 Å². The molecule has 25 heavy (non-hydrogen) atoms. The fraction of sp³-hybridized carbons (Fsp3) is 0.158. The molecular formula is C19H20IN3O2. The Balaban J connectivity index is 1.94. The minimum absolute atomic E-state index is 0.144. The topological polar surface area (TPSA) is 73.7 Å². The van der Waals surface area contributed by atoms with Crippen molar-refractivity contribution >= 4 is 40.4 Å². The van der Waals surface area contributed by atoms with Crippen molar-refractivity contribution in [1.29, 1.82) is 0 Å². The fourth-order valence-corrected chi connectivity index (χ4v) is 2.52. The number of para-hydroxylation sites is 1. The Bertz CT molecular complexity index is 773. The average Bonchev–Trinajstić information content (AvgIpc) is 2.60. The summed E-state index contributed by atoms with van der Waals surface area (Å²) in [4.78, 5) is 12.1. The van der Waals surface area contributed by atoms with E-state index in [1.807, 2.05) is 36.4 Å². The monoisotopic (exact) mass is 449 g/mol. The van der Waals surface area contributed by atoms with Crippen LogP contribution in [0.25, 0.3) is 0 Å². The van der Waals surface area contributed by atoms with Crippen LogP contribution in [0.4, 0.5) is 5.69 Å². The standard InChI is InChI=1S/C19H20IN3O2/c1-3-5-14-6-4-7-15(18(14)24)12-21-23-19(25)13(2)22-17-10-8-16(20)9-11-17/h3-4,6-13,22,24H,1,5H2,2H3,(H,23,25)/b21-12-/t13-/m1/s1. The van der Waals surface area contributed by atoms with Crippen molar-refractivity contribution in [3.05, 3.63) is 69.8 Å². The zero-order chi connectivity index (χ0) is 18.2. The number of halogens is 1. The van der Waals surface area contributed by atoms with Gasteiger partial charge in [0.1, 0.15) is 11.8 Å². The van der Waals surface area contributed by atoms with Gasteiger partial charge in [-0.1, -0.05) is 18.2 Å². The Labute approximate surface area is 161 Å². The molecule has 0 heterocycles. The van der Waals surface area contributed by atoms with Crippen molar-refractivity contribution in [3.8, 4) is 5.75 Å². The van der Waals surface area contributed by atoms with Crippen LogP contribution in [0.3, 0.4) is 0 Å². The first-order chi connectivity index (χ1) is 12.0. The van der Waals surface area contributed by atoms with E-state index in [2.05, 4.69) is 45.0 Å². The molecule has 0 saturated carbocycles. The average molecular weight is 449 g/mol. The first-order valence-electron chi connectivity index (χ1n) is 7.78. The number of nitrogens with one attached hydrogen (secondary N) is 2. The van der Waals surface area contributed by atoms with Gasteiger partial charge in [-0.2, -0.15) is 5.10 Å². The van der Waals surface area contributed by atoms with Crippen molar-refractivity contribution in [2.75, 3.05) is 5.32 Å². The molecule has 0 aromatic heterocycles. The van der Waals surface area contributed by atoms with Crippen LogP contribution in [0.1, 0.15) is 18.1 Å². The molecule has 0 unspecified atom stereocenters. The highest BCUT2D eigenvalue weighted by molar-refractivity contribution is 14.1. The normalized spacial score (nSPS) is 11.9. The van der Waals surface area contributed by atoms with Gasteiger partial charge in [-0.15, -0.1) is 6.58 Å². The molecule has 0 radical (unpaired) electrons. The number of carbonyl (C=O) groups excluding carboxylic acids is 1. The maximum atomic E-state index is 12.1. The van der Waals surface area contributed by atoms with E-state index in [9.17, 15) is 9.90 Å². The highest BCUT2D eigenvalue weighted by atomic mass is 127. The molecule has 2 aromatic carbocycles. The Morgan fingerprint density at radius 2 is 2.04 bits per heavy atom. The van der Waals surface area contributed by atoms with Crippen molar-refractivity contribution in [3.63, 3.8) is 0 Å². The molecule has 2 aromatic rings. The van der Waals surface area contributed by atoms with Crippen LogP contribution in [0.2, 0.25) is 0 Å². The minimum atomic E-state index is -0.446. The largest absolute Gasteiger partial charge is 0.507 e. The summed E-state index contributed by atoms with van der Waals surface area (Å²) in [5, 5.41) is 17.2. The van der Waals surface area contributed by atoms with Crippen LogP contribution >= 0.6 is 22.6 Å². The molecule has 0 fully saturated rings. The third-order valence-corrected chi connectivity index (χ3v) is 4.23. The number of hydrogen-bond donors (Lipinski definition) is 3. The van der Waals surface area contributed by atoms with Gasteiger partial charge in [-0.3, -0.25) is 4.79 Å². The highest BCUT2D eigenvalue weighted by Crippen LogP contribution is 2.21. The van der Waals surface area contributed by atoms with Gasteiger partial charge < -0.3 is 10.4 Å². The van der Waals surface area contributed by atoms with Crippen LogP contribution in [-0.2, 0) is 11.2 Å². The molecule has 1 amide bonds. The van der Waals surface area contributed by atoms with Gasteiger partial charge in [-0.25, -0.2) is 5.43 Å². The summed E-state index contributed by atoms with van der Waals surface area (Å²) in [5.74, 6) is -0.123. The van der Waals surface area contributed by atoms with E-state index in [1.165, 1.54) is 6.21 Å². The molecule has 0 aliphatic heterocycles. The minimum Gasteiger partial charge on any atom is -0.507 e. The summed E-state index contributed by atoms with van der Waals surface area (Å²) < 4.78 is 1.13. The number of carbonyl (C=O) groups is 1. The number of nitrogens with zero attached hydrogens (tertiary/aromatic N) is 1. The molecule has 0 aliphatic rings. The molecular weight excluding hydrogens is 429 g/mol. The first kappa shape index (κ1) is 19.0. The quantitative estimate of drug-likeness (QED) is 0.261. The summed E-state index contributed by atoms with van der Waals surface area (Å²) in [6, 6.07) is 12.7. The second-order valence-electron chi connectivity index (χ2n) is 5.45. The number of hydrazone groups is 1. The molecule has 0 spiro atoms. The Hall–Kier alpha value is -2.35. The second-order valence-corrected chi connectivity index (χ2v) is 6.70. The van der Waals surface area contributed by atoms with Gasteiger partial charge in [0.25, 0.3) is 5.91 Å². The smallest absolute Gasteiger partial charge is 0.262 e. The number of amides is 1. The van der Waals surface area contributed by atoms with Gasteiger partial charge in [0, 0.05) is 14.8 Å². The number of rotatable bonds is 7.